The molecule has 1 aromatic rings. The first-order valence-corrected chi connectivity index (χ1v) is 3.72. The number of nitrogens with one attached hydrogen (secondary N) is 1. The maximum Gasteiger partial charge on any atom is 0.242 e. The van der Waals surface area contributed by atoms with Crippen molar-refractivity contribution < 1.29 is 22.1 Å². The van der Waals surface area contributed by atoms with Crippen LogP contribution in [0.15, 0.2) is 24.3 Å². The van der Waals surface area contributed by atoms with Crippen LogP contribution in [0.2, 0.25) is 0 Å². The van der Waals surface area contributed by atoms with E-state index in [2.05, 4.69) is 4.99 Å². The second-order valence-electron chi connectivity index (χ2n) is 2.54. The summed E-state index contributed by atoms with van der Waals surface area (Å²) in [5.74, 6) is 1.49. The molecule has 0 bridgehead atoms. The number of halogens is 1. The first-order valence-electron chi connectivity index (χ1n) is 3.72. The van der Waals surface area contributed by atoms with Crippen molar-refractivity contribution in [2.45, 2.75) is 6.92 Å². The van der Waals surface area contributed by atoms with E-state index in [0.29, 0.717) is 5.84 Å². The van der Waals surface area contributed by atoms with Gasteiger partial charge in [-0.25, -0.2) is 4.99 Å². The highest BCUT2D eigenvalue weighted by Gasteiger charge is 1.95. The predicted octanol–water partition coefficient (Wildman–Crippen LogP) is -3.21. The molecule has 0 heterocycles. The molecule has 4 heteroatoms. The van der Waals surface area contributed by atoms with E-state index in [4.69, 9.17) is 10.5 Å². The van der Waals surface area contributed by atoms with Crippen molar-refractivity contribution in [2.24, 2.45) is 5.73 Å². The lowest BCUT2D eigenvalue weighted by Crippen LogP contribution is -3.00. The van der Waals surface area contributed by atoms with Crippen LogP contribution in [0.1, 0.15) is 6.92 Å². The smallest absolute Gasteiger partial charge is 0.242 e. The Balaban J connectivity index is 0.00000144. The van der Waals surface area contributed by atoms with Gasteiger partial charge >= 0.3 is 0 Å². The van der Waals surface area contributed by atoms with Crippen LogP contribution in [-0.4, -0.2) is 12.9 Å². The van der Waals surface area contributed by atoms with Gasteiger partial charge in [-0.3, -0.25) is 5.73 Å². The van der Waals surface area contributed by atoms with Gasteiger partial charge in [0.15, 0.2) is 0 Å². The number of ether oxygens (including phenoxy) is 1. The topological polar surface area (TPSA) is 49.2 Å². The largest absolute Gasteiger partial charge is 1.00 e. The van der Waals surface area contributed by atoms with Crippen molar-refractivity contribution in [3.05, 3.63) is 24.3 Å². The zero-order valence-corrected chi connectivity index (χ0v) is 8.43. The van der Waals surface area contributed by atoms with Crippen LogP contribution in [0.3, 0.4) is 0 Å². The molecule has 0 radical (unpaired) electrons. The Labute approximate surface area is 84.0 Å². The summed E-state index contributed by atoms with van der Waals surface area (Å²) in [6, 6.07) is 7.61. The summed E-state index contributed by atoms with van der Waals surface area (Å²) in [4.78, 5) is 2.99. The van der Waals surface area contributed by atoms with E-state index in [0.717, 1.165) is 11.4 Å². The predicted molar refractivity (Wildman–Crippen MR) is 48.5 cm³/mol. The van der Waals surface area contributed by atoms with Gasteiger partial charge in [-0.2, -0.15) is 0 Å². The van der Waals surface area contributed by atoms with Crippen LogP contribution in [0.5, 0.6) is 5.75 Å². The number of methoxy groups -OCH3 is 1. The van der Waals surface area contributed by atoms with E-state index in [1.807, 2.05) is 24.3 Å². The number of amidine groups is 1. The Hall–Kier alpha value is -1.22. The fourth-order valence-corrected chi connectivity index (χ4v) is 0.928. The lowest BCUT2D eigenvalue weighted by Gasteiger charge is -1.97. The molecular weight excluding hydrogens is 188 g/mol. The third kappa shape index (κ3) is 3.80. The van der Waals surface area contributed by atoms with Crippen LogP contribution < -0.4 is 27.9 Å². The van der Waals surface area contributed by atoms with Crippen molar-refractivity contribution in [1.29, 1.82) is 0 Å². The highest BCUT2D eigenvalue weighted by molar-refractivity contribution is 5.72. The standard InChI is InChI=1S/C9H12N2O.ClH/c1-7(10)11-8-4-3-5-9(6-8)12-2;/h3-6H,1-2H3,(H2,10,11);1H. The zero-order chi connectivity index (χ0) is 8.97. The molecule has 1 aromatic carbocycles. The van der Waals surface area contributed by atoms with Gasteiger partial charge in [0.05, 0.1) is 7.11 Å². The molecule has 0 amide bonds. The molecule has 0 aliphatic rings. The molecule has 72 valence electrons. The minimum absolute atomic E-state index is 0. The summed E-state index contributed by atoms with van der Waals surface area (Å²) in [6.07, 6.45) is 0. The SMILES string of the molecule is COc1cccc([NH+]=C(C)N)c1.[Cl-]. The molecule has 0 fully saturated rings. The average molecular weight is 201 g/mol. The highest BCUT2D eigenvalue weighted by atomic mass is 35.5. The van der Waals surface area contributed by atoms with E-state index >= 15 is 0 Å². The molecule has 0 aliphatic carbocycles. The second-order valence-corrected chi connectivity index (χ2v) is 2.54. The van der Waals surface area contributed by atoms with E-state index < -0.39 is 0 Å². The van der Waals surface area contributed by atoms with Gasteiger partial charge in [0.1, 0.15) is 11.4 Å². The van der Waals surface area contributed by atoms with Crippen LogP contribution in [-0.2, 0) is 0 Å². The van der Waals surface area contributed by atoms with Gasteiger partial charge in [0.2, 0.25) is 5.84 Å². The molecule has 3 nitrogen and oxygen atoms in total. The summed E-state index contributed by atoms with van der Waals surface area (Å²) in [7, 11) is 1.64. The maximum atomic E-state index is 5.48. The number of nitrogens with two attached hydrogens (primary N) is 1. The Morgan fingerprint density at radius 1 is 1.46 bits per heavy atom. The van der Waals surface area contributed by atoms with E-state index in [9.17, 15) is 0 Å². The fraction of sp³-hybridized carbons (Fsp3) is 0.222. The lowest BCUT2D eigenvalue weighted by molar-refractivity contribution is -0.355. The second kappa shape index (κ2) is 5.43. The fourth-order valence-electron chi connectivity index (χ4n) is 0.928. The summed E-state index contributed by atoms with van der Waals surface area (Å²) in [5, 5.41) is 0. The summed E-state index contributed by atoms with van der Waals surface area (Å²) in [5.41, 5.74) is 6.42. The third-order valence-corrected chi connectivity index (χ3v) is 1.41. The summed E-state index contributed by atoms with van der Waals surface area (Å²) < 4.78 is 5.05. The number of benzene rings is 1. The molecular formula is C9H13ClN2O. The number of rotatable bonds is 2. The van der Waals surface area contributed by atoms with Crippen molar-refractivity contribution in [3.8, 4) is 5.75 Å². The summed E-state index contributed by atoms with van der Waals surface area (Å²) in [6.45, 7) is 1.81. The first-order chi connectivity index (χ1) is 5.72. The van der Waals surface area contributed by atoms with Crippen LogP contribution in [0, 0.1) is 0 Å². The monoisotopic (exact) mass is 200 g/mol. The van der Waals surface area contributed by atoms with E-state index in [1.54, 1.807) is 14.0 Å². The Bertz CT molecular complexity index is 295. The molecule has 0 saturated heterocycles. The maximum absolute atomic E-state index is 5.48. The lowest BCUT2D eigenvalue weighted by atomic mass is 10.3. The van der Waals surface area contributed by atoms with Gasteiger partial charge in [0.25, 0.3) is 0 Å². The van der Waals surface area contributed by atoms with E-state index in [1.165, 1.54) is 0 Å². The molecule has 0 aromatic heterocycles. The third-order valence-electron chi connectivity index (χ3n) is 1.41. The van der Waals surface area contributed by atoms with Gasteiger partial charge < -0.3 is 17.1 Å². The molecule has 0 unspecified atom stereocenters. The molecule has 13 heavy (non-hydrogen) atoms. The zero-order valence-electron chi connectivity index (χ0n) is 7.67. The highest BCUT2D eigenvalue weighted by Crippen LogP contribution is 2.11. The Morgan fingerprint density at radius 2 is 2.15 bits per heavy atom. The average Bonchev–Trinajstić information content (AvgIpc) is 2.03. The Morgan fingerprint density at radius 3 is 2.69 bits per heavy atom. The van der Waals surface area contributed by atoms with Gasteiger partial charge in [0, 0.05) is 13.0 Å². The van der Waals surface area contributed by atoms with Crippen LogP contribution >= 0.6 is 0 Å². The van der Waals surface area contributed by atoms with Crippen molar-refractivity contribution in [1.82, 2.24) is 0 Å². The molecule has 0 atom stereocenters. The minimum Gasteiger partial charge on any atom is -1.00 e. The minimum atomic E-state index is 0. The van der Waals surface area contributed by atoms with Gasteiger partial charge in [-0.1, -0.05) is 6.07 Å². The van der Waals surface area contributed by atoms with Crippen LogP contribution in [0.25, 0.3) is 0 Å². The quantitative estimate of drug-likeness (QED) is 0.390. The molecule has 0 spiro atoms. The van der Waals surface area contributed by atoms with Crippen LogP contribution in [0.4, 0.5) is 5.69 Å². The first kappa shape index (κ1) is 11.8. The molecule has 0 aliphatic heterocycles. The van der Waals surface area contributed by atoms with Crippen molar-refractivity contribution >= 4 is 11.5 Å². The number of hydrogen-bond donors (Lipinski definition) is 2. The summed E-state index contributed by atoms with van der Waals surface area (Å²) >= 11 is 0. The molecule has 0 saturated carbocycles. The van der Waals surface area contributed by atoms with Crippen molar-refractivity contribution in [2.75, 3.05) is 7.11 Å². The Kier molecular flexibility index (Phi) is 4.92. The van der Waals surface area contributed by atoms with Crippen molar-refractivity contribution in [3.63, 3.8) is 0 Å². The van der Waals surface area contributed by atoms with E-state index in [-0.39, 0.29) is 12.4 Å². The van der Waals surface area contributed by atoms with Gasteiger partial charge in [-0.05, 0) is 12.1 Å². The normalized spacial score (nSPS) is 10.5. The molecule has 3 N–H and O–H groups in total. The van der Waals surface area contributed by atoms with Gasteiger partial charge in [-0.15, -0.1) is 0 Å². The number of hydrogen-bond acceptors (Lipinski definition) is 1. The molecule has 1 rings (SSSR count).